The van der Waals surface area contributed by atoms with Gasteiger partial charge >= 0.3 is 0 Å². The highest BCUT2D eigenvalue weighted by atomic mass is 16.3. The van der Waals surface area contributed by atoms with E-state index in [-0.39, 0.29) is 5.92 Å². The zero-order chi connectivity index (χ0) is 11.6. The lowest BCUT2D eigenvalue weighted by Gasteiger charge is -2.31. The maximum absolute atomic E-state index is 10.4. The molecule has 0 aliphatic heterocycles. The molecule has 1 aromatic rings. The number of rotatable bonds is 4. The Morgan fingerprint density at radius 1 is 1.53 bits per heavy atom. The highest BCUT2D eigenvalue weighted by Crippen LogP contribution is 2.25. The molecule has 0 aliphatic carbocycles. The van der Waals surface area contributed by atoms with Crippen LogP contribution in [0.2, 0.25) is 0 Å². The van der Waals surface area contributed by atoms with Crippen molar-refractivity contribution in [3.05, 3.63) is 17.5 Å². The lowest BCUT2D eigenvalue weighted by molar-refractivity contribution is -0.00981. The lowest BCUT2D eigenvalue weighted by Crippen LogP contribution is -2.37. The van der Waals surface area contributed by atoms with Crippen molar-refractivity contribution < 1.29 is 5.11 Å². The molecule has 86 valence electrons. The molecule has 0 radical (unpaired) electrons. The van der Waals surface area contributed by atoms with Crippen LogP contribution in [0, 0.1) is 12.8 Å². The minimum Gasteiger partial charge on any atom is -0.389 e. The fourth-order valence-corrected chi connectivity index (χ4v) is 1.88. The highest BCUT2D eigenvalue weighted by molar-refractivity contribution is 5.11. The van der Waals surface area contributed by atoms with Gasteiger partial charge in [-0.25, -0.2) is 0 Å². The van der Waals surface area contributed by atoms with Gasteiger partial charge in [0, 0.05) is 19.2 Å². The van der Waals surface area contributed by atoms with Gasteiger partial charge in [0.25, 0.3) is 0 Å². The second kappa shape index (κ2) is 4.35. The van der Waals surface area contributed by atoms with Crippen molar-refractivity contribution in [3.8, 4) is 0 Å². The predicted octanol–water partition coefficient (Wildman–Crippen LogP) is 2.07. The molecule has 3 heteroatoms. The molecule has 15 heavy (non-hydrogen) atoms. The van der Waals surface area contributed by atoms with Crippen molar-refractivity contribution in [1.29, 1.82) is 0 Å². The minimum atomic E-state index is -0.611. The minimum absolute atomic E-state index is 0.262. The molecular formula is C12H22N2O. The topological polar surface area (TPSA) is 38.1 Å². The summed E-state index contributed by atoms with van der Waals surface area (Å²) in [7, 11) is 1.93. The van der Waals surface area contributed by atoms with E-state index in [0.717, 1.165) is 17.8 Å². The first-order valence-electron chi connectivity index (χ1n) is 5.61. The van der Waals surface area contributed by atoms with Crippen LogP contribution in [0.5, 0.6) is 0 Å². The Balaban J connectivity index is 2.88. The second-order valence-electron chi connectivity index (χ2n) is 4.69. The number of aliphatic hydroxyl groups is 1. The normalized spacial score (nSPS) is 15.7. The summed E-state index contributed by atoms with van der Waals surface area (Å²) in [4.78, 5) is 0. The van der Waals surface area contributed by atoms with Gasteiger partial charge in [-0.2, -0.15) is 5.10 Å². The summed E-state index contributed by atoms with van der Waals surface area (Å²) < 4.78 is 1.86. The molecule has 0 saturated carbocycles. The number of aryl methyl sites for hydroxylation is 2. The highest BCUT2D eigenvalue weighted by Gasteiger charge is 2.30. The van der Waals surface area contributed by atoms with E-state index in [1.807, 2.05) is 31.6 Å². The predicted molar refractivity (Wildman–Crippen MR) is 61.7 cm³/mol. The van der Waals surface area contributed by atoms with Gasteiger partial charge in [0.15, 0.2) is 0 Å². The van der Waals surface area contributed by atoms with Gasteiger partial charge in [0.2, 0.25) is 0 Å². The zero-order valence-corrected chi connectivity index (χ0v) is 10.4. The summed E-state index contributed by atoms with van der Waals surface area (Å²) in [5.74, 6) is 0.262. The first kappa shape index (κ1) is 12.2. The monoisotopic (exact) mass is 210 g/mol. The summed E-state index contributed by atoms with van der Waals surface area (Å²) in [6, 6.07) is 2.04. The molecule has 0 bridgehead atoms. The molecule has 0 saturated heterocycles. The van der Waals surface area contributed by atoms with Crippen LogP contribution in [0.4, 0.5) is 0 Å². The van der Waals surface area contributed by atoms with Gasteiger partial charge in [0.05, 0.1) is 11.3 Å². The molecule has 1 atom stereocenters. The van der Waals surface area contributed by atoms with Crippen molar-refractivity contribution in [2.75, 3.05) is 0 Å². The van der Waals surface area contributed by atoms with E-state index >= 15 is 0 Å². The number of hydrogen-bond donors (Lipinski definition) is 1. The Labute approximate surface area is 92.1 Å². The van der Waals surface area contributed by atoms with E-state index in [1.54, 1.807) is 0 Å². The van der Waals surface area contributed by atoms with Crippen LogP contribution in [0.25, 0.3) is 0 Å². The van der Waals surface area contributed by atoms with Crippen LogP contribution in [0.3, 0.4) is 0 Å². The molecule has 1 N–H and O–H groups in total. The van der Waals surface area contributed by atoms with Crippen LogP contribution in [0.1, 0.15) is 38.6 Å². The van der Waals surface area contributed by atoms with E-state index in [1.165, 1.54) is 0 Å². The van der Waals surface area contributed by atoms with Gasteiger partial charge in [-0.1, -0.05) is 20.8 Å². The third kappa shape index (κ3) is 2.59. The van der Waals surface area contributed by atoms with Crippen molar-refractivity contribution in [1.82, 2.24) is 9.78 Å². The molecule has 1 rings (SSSR count). The number of hydrogen-bond acceptors (Lipinski definition) is 2. The molecule has 3 nitrogen and oxygen atoms in total. The average Bonchev–Trinajstić information content (AvgIpc) is 2.44. The quantitative estimate of drug-likeness (QED) is 0.826. The summed E-state index contributed by atoms with van der Waals surface area (Å²) in [6.07, 6.45) is 1.45. The average molecular weight is 210 g/mol. The molecule has 0 fully saturated rings. The Hall–Kier alpha value is -0.830. The molecule has 1 aromatic heterocycles. The smallest absolute Gasteiger partial charge is 0.0723 e. The Morgan fingerprint density at radius 3 is 2.47 bits per heavy atom. The van der Waals surface area contributed by atoms with E-state index in [4.69, 9.17) is 0 Å². The first-order valence-corrected chi connectivity index (χ1v) is 5.61. The molecule has 1 unspecified atom stereocenters. The Morgan fingerprint density at radius 2 is 2.13 bits per heavy atom. The van der Waals surface area contributed by atoms with Crippen molar-refractivity contribution in [2.24, 2.45) is 13.0 Å². The fourth-order valence-electron chi connectivity index (χ4n) is 1.88. The maximum atomic E-state index is 10.4. The van der Waals surface area contributed by atoms with E-state index in [2.05, 4.69) is 18.9 Å². The number of aromatic nitrogens is 2. The van der Waals surface area contributed by atoms with Crippen molar-refractivity contribution in [2.45, 2.75) is 46.1 Å². The summed E-state index contributed by atoms with van der Waals surface area (Å²) in [5, 5.41) is 14.7. The Kier molecular flexibility index (Phi) is 3.55. The molecule has 0 aromatic carbocycles. The van der Waals surface area contributed by atoms with Gasteiger partial charge in [-0.15, -0.1) is 0 Å². The maximum Gasteiger partial charge on any atom is 0.0723 e. The van der Waals surface area contributed by atoms with Crippen LogP contribution in [-0.4, -0.2) is 20.5 Å². The Bertz CT molecular complexity index is 330. The molecule has 0 aliphatic rings. The SMILES string of the molecule is CCC(O)(Cc1cc(C)nn1C)C(C)C. The van der Waals surface area contributed by atoms with Gasteiger partial charge in [-0.05, 0) is 25.3 Å². The van der Waals surface area contributed by atoms with E-state index < -0.39 is 5.60 Å². The summed E-state index contributed by atoms with van der Waals surface area (Å²) in [5.41, 5.74) is 1.50. The third-order valence-corrected chi connectivity index (χ3v) is 3.27. The molecular weight excluding hydrogens is 188 g/mol. The van der Waals surface area contributed by atoms with Gasteiger partial charge in [-0.3, -0.25) is 4.68 Å². The third-order valence-electron chi connectivity index (χ3n) is 3.27. The van der Waals surface area contributed by atoms with E-state index in [9.17, 15) is 5.11 Å². The lowest BCUT2D eigenvalue weighted by atomic mass is 9.83. The van der Waals surface area contributed by atoms with Crippen LogP contribution < -0.4 is 0 Å². The zero-order valence-electron chi connectivity index (χ0n) is 10.4. The molecule has 1 heterocycles. The summed E-state index contributed by atoms with van der Waals surface area (Å²) >= 11 is 0. The van der Waals surface area contributed by atoms with Gasteiger partial charge < -0.3 is 5.11 Å². The molecule has 0 spiro atoms. The van der Waals surface area contributed by atoms with Crippen molar-refractivity contribution in [3.63, 3.8) is 0 Å². The standard InChI is InChI=1S/C12H22N2O/c1-6-12(15,9(2)3)8-11-7-10(4)13-14(11)5/h7,9,15H,6,8H2,1-5H3. The van der Waals surface area contributed by atoms with Crippen LogP contribution in [0.15, 0.2) is 6.07 Å². The number of nitrogens with zero attached hydrogens (tertiary/aromatic N) is 2. The molecule has 0 amide bonds. The van der Waals surface area contributed by atoms with E-state index in [0.29, 0.717) is 6.42 Å². The summed E-state index contributed by atoms with van der Waals surface area (Å²) in [6.45, 7) is 8.13. The fraction of sp³-hybridized carbons (Fsp3) is 0.750. The second-order valence-corrected chi connectivity index (χ2v) is 4.69. The van der Waals surface area contributed by atoms with Crippen LogP contribution >= 0.6 is 0 Å². The largest absolute Gasteiger partial charge is 0.389 e. The van der Waals surface area contributed by atoms with Crippen LogP contribution in [-0.2, 0) is 13.5 Å². The first-order chi connectivity index (χ1) is 6.89. The van der Waals surface area contributed by atoms with Crippen molar-refractivity contribution >= 4 is 0 Å². The van der Waals surface area contributed by atoms with Gasteiger partial charge in [0.1, 0.15) is 0 Å².